The highest BCUT2D eigenvalue weighted by atomic mass is 35.5. The molecule has 1 aliphatic heterocycles. The van der Waals surface area contributed by atoms with Crippen molar-refractivity contribution >= 4 is 22.4 Å². The number of rotatable bonds is 8. The maximum atomic E-state index is 11.3. The molecule has 0 aromatic heterocycles. The molecule has 0 spiro atoms. The largest absolute Gasteiger partial charge is 0.496 e. The van der Waals surface area contributed by atoms with Crippen molar-refractivity contribution in [1.82, 2.24) is 9.62 Å². The number of ether oxygens (including phenoxy) is 2. The molecule has 1 aliphatic rings. The van der Waals surface area contributed by atoms with Crippen molar-refractivity contribution in [2.24, 2.45) is 0 Å². The molecule has 1 N–H and O–H groups in total. The Morgan fingerprint density at radius 1 is 1.42 bits per heavy atom. The van der Waals surface area contributed by atoms with Crippen molar-refractivity contribution in [3.63, 3.8) is 0 Å². The third-order valence-electron chi connectivity index (χ3n) is 4.01. The van der Waals surface area contributed by atoms with E-state index < -0.39 is 10.0 Å². The minimum Gasteiger partial charge on any atom is -0.496 e. The number of fused-ring (bicyclic) bond motifs is 1. The number of hydrogen-bond donors (Lipinski definition) is 1. The SMILES string of the molecule is COc1cc2c(cc1CNCCCN(C)S(C)(=O)=O)OC(C)C2.Cl. The number of benzene rings is 1. The van der Waals surface area contributed by atoms with Gasteiger partial charge in [0.15, 0.2) is 0 Å². The smallest absolute Gasteiger partial charge is 0.210 e. The standard InChI is InChI=1S/C16H26N2O4S.ClH/c1-12-8-13-9-15(21-3)14(10-16(13)22-12)11-17-6-5-7-18(2)23(4,19)20;/h9-10,12,17H,5-8,11H2,1-4H3;1H. The predicted molar refractivity (Wildman–Crippen MR) is 97.8 cm³/mol. The number of halogens is 1. The highest BCUT2D eigenvalue weighted by molar-refractivity contribution is 7.88. The van der Waals surface area contributed by atoms with E-state index in [4.69, 9.17) is 9.47 Å². The van der Waals surface area contributed by atoms with Gasteiger partial charge in [0.05, 0.1) is 13.4 Å². The molecule has 0 fully saturated rings. The third-order valence-corrected chi connectivity index (χ3v) is 5.32. The average molecular weight is 379 g/mol. The molecule has 0 saturated heterocycles. The zero-order chi connectivity index (χ0) is 17.0. The summed E-state index contributed by atoms with van der Waals surface area (Å²) in [5, 5.41) is 3.33. The van der Waals surface area contributed by atoms with Crippen LogP contribution in [-0.2, 0) is 23.0 Å². The Kier molecular flexibility index (Phi) is 7.79. The Bertz CT molecular complexity index is 652. The van der Waals surface area contributed by atoms with Gasteiger partial charge >= 0.3 is 0 Å². The predicted octanol–water partition coefficient (Wildman–Crippen LogP) is 1.81. The second kappa shape index (κ2) is 8.89. The molecule has 24 heavy (non-hydrogen) atoms. The Morgan fingerprint density at radius 3 is 2.75 bits per heavy atom. The first-order valence-electron chi connectivity index (χ1n) is 7.79. The second-order valence-corrected chi connectivity index (χ2v) is 8.11. The Morgan fingerprint density at radius 2 is 2.12 bits per heavy atom. The van der Waals surface area contributed by atoms with E-state index in [1.54, 1.807) is 14.2 Å². The van der Waals surface area contributed by atoms with Crippen LogP contribution in [0.5, 0.6) is 11.5 Å². The molecule has 1 atom stereocenters. The van der Waals surface area contributed by atoms with E-state index in [-0.39, 0.29) is 18.5 Å². The first-order valence-corrected chi connectivity index (χ1v) is 9.64. The lowest BCUT2D eigenvalue weighted by atomic mass is 10.1. The van der Waals surface area contributed by atoms with Crippen molar-refractivity contribution in [2.75, 3.05) is 33.5 Å². The van der Waals surface area contributed by atoms with Gasteiger partial charge in [-0.05, 0) is 32.0 Å². The first-order chi connectivity index (χ1) is 10.8. The van der Waals surface area contributed by atoms with Crippen LogP contribution in [-0.4, -0.2) is 52.3 Å². The summed E-state index contributed by atoms with van der Waals surface area (Å²) in [7, 11) is 0.171. The quantitative estimate of drug-likeness (QED) is 0.699. The fourth-order valence-corrected chi connectivity index (χ4v) is 3.09. The summed E-state index contributed by atoms with van der Waals surface area (Å²) in [5.74, 6) is 1.80. The Hall–Kier alpha value is -1.02. The molecular weight excluding hydrogens is 352 g/mol. The fraction of sp³-hybridized carbons (Fsp3) is 0.625. The molecule has 138 valence electrons. The fourth-order valence-electron chi connectivity index (χ4n) is 2.63. The van der Waals surface area contributed by atoms with E-state index in [0.29, 0.717) is 13.1 Å². The molecule has 6 nitrogen and oxygen atoms in total. The van der Waals surface area contributed by atoms with Gasteiger partial charge in [-0.3, -0.25) is 0 Å². The van der Waals surface area contributed by atoms with Gasteiger partial charge in [-0.2, -0.15) is 0 Å². The molecule has 2 rings (SSSR count). The summed E-state index contributed by atoms with van der Waals surface area (Å²) >= 11 is 0. The van der Waals surface area contributed by atoms with Crippen molar-refractivity contribution < 1.29 is 17.9 Å². The van der Waals surface area contributed by atoms with Gasteiger partial charge in [0, 0.05) is 37.7 Å². The summed E-state index contributed by atoms with van der Waals surface area (Å²) in [5.41, 5.74) is 2.24. The van der Waals surface area contributed by atoms with Gasteiger partial charge < -0.3 is 14.8 Å². The number of methoxy groups -OCH3 is 1. The monoisotopic (exact) mass is 378 g/mol. The van der Waals surface area contributed by atoms with Gasteiger partial charge in [-0.1, -0.05) is 0 Å². The van der Waals surface area contributed by atoms with E-state index >= 15 is 0 Å². The molecule has 0 bridgehead atoms. The molecule has 1 aromatic rings. The minimum atomic E-state index is -3.10. The molecule has 1 unspecified atom stereocenters. The average Bonchev–Trinajstić information content (AvgIpc) is 2.83. The van der Waals surface area contributed by atoms with Crippen LogP contribution in [0.3, 0.4) is 0 Å². The van der Waals surface area contributed by atoms with E-state index in [2.05, 4.69) is 12.2 Å². The zero-order valence-corrected chi connectivity index (χ0v) is 16.3. The number of sulfonamides is 1. The van der Waals surface area contributed by atoms with Crippen molar-refractivity contribution in [3.05, 3.63) is 23.3 Å². The summed E-state index contributed by atoms with van der Waals surface area (Å²) in [6, 6.07) is 4.08. The summed E-state index contributed by atoms with van der Waals surface area (Å²) in [6.45, 7) is 3.96. The molecule has 1 aromatic carbocycles. The Balaban J connectivity index is 0.00000288. The highest BCUT2D eigenvalue weighted by Crippen LogP contribution is 2.34. The van der Waals surface area contributed by atoms with Crippen LogP contribution in [0.4, 0.5) is 0 Å². The molecular formula is C16H27ClN2O4S. The summed E-state index contributed by atoms with van der Waals surface area (Å²) in [4.78, 5) is 0. The van der Waals surface area contributed by atoms with Crippen LogP contribution in [0.15, 0.2) is 12.1 Å². The maximum absolute atomic E-state index is 11.3. The maximum Gasteiger partial charge on any atom is 0.210 e. The molecule has 0 radical (unpaired) electrons. The second-order valence-electron chi connectivity index (χ2n) is 6.02. The lowest BCUT2D eigenvalue weighted by Crippen LogP contribution is -2.28. The van der Waals surface area contributed by atoms with E-state index in [1.807, 2.05) is 12.1 Å². The number of hydrogen-bond acceptors (Lipinski definition) is 5. The summed E-state index contributed by atoms with van der Waals surface area (Å²) in [6.07, 6.45) is 3.10. The number of nitrogens with zero attached hydrogens (tertiary/aromatic N) is 1. The topological polar surface area (TPSA) is 67.9 Å². The molecule has 1 heterocycles. The molecule has 0 amide bonds. The summed E-state index contributed by atoms with van der Waals surface area (Å²) < 4.78 is 35.2. The van der Waals surface area contributed by atoms with Crippen molar-refractivity contribution in [2.45, 2.75) is 32.4 Å². The highest BCUT2D eigenvalue weighted by Gasteiger charge is 2.21. The van der Waals surface area contributed by atoms with Gasteiger partial charge in [0.1, 0.15) is 17.6 Å². The normalized spacial score (nSPS) is 16.5. The van der Waals surface area contributed by atoms with Crippen LogP contribution in [0.25, 0.3) is 0 Å². The van der Waals surface area contributed by atoms with Crippen molar-refractivity contribution in [1.29, 1.82) is 0 Å². The zero-order valence-electron chi connectivity index (χ0n) is 14.7. The first kappa shape index (κ1) is 21.0. The lowest BCUT2D eigenvalue weighted by molar-refractivity contribution is 0.254. The van der Waals surface area contributed by atoms with Gasteiger partial charge in [-0.25, -0.2) is 12.7 Å². The Labute approximate surface area is 151 Å². The van der Waals surface area contributed by atoms with Gasteiger partial charge in [0.2, 0.25) is 10.0 Å². The van der Waals surface area contributed by atoms with Crippen LogP contribution in [0.1, 0.15) is 24.5 Å². The van der Waals surface area contributed by atoms with Gasteiger partial charge in [0.25, 0.3) is 0 Å². The van der Waals surface area contributed by atoms with Crippen molar-refractivity contribution in [3.8, 4) is 11.5 Å². The lowest BCUT2D eigenvalue weighted by Gasteiger charge is -2.15. The molecule has 8 heteroatoms. The van der Waals surface area contributed by atoms with Crippen LogP contribution in [0.2, 0.25) is 0 Å². The number of nitrogens with one attached hydrogen (secondary N) is 1. The van der Waals surface area contributed by atoms with E-state index in [9.17, 15) is 8.42 Å². The van der Waals surface area contributed by atoms with E-state index in [1.165, 1.54) is 16.1 Å². The molecule has 0 aliphatic carbocycles. The van der Waals surface area contributed by atoms with Crippen LogP contribution < -0.4 is 14.8 Å². The molecule has 0 saturated carbocycles. The minimum absolute atomic E-state index is 0. The van der Waals surface area contributed by atoms with Crippen LogP contribution in [0, 0.1) is 0 Å². The third kappa shape index (κ3) is 5.51. The van der Waals surface area contributed by atoms with Gasteiger partial charge in [-0.15, -0.1) is 12.4 Å². The van der Waals surface area contributed by atoms with Crippen LogP contribution >= 0.6 is 12.4 Å². The van der Waals surface area contributed by atoms with E-state index in [0.717, 1.165) is 36.4 Å².